The molecule has 1 atom stereocenters. The Kier molecular flexibility index (Phi) is 5.95. The summed E-state index contributed by atoms with van der Waals surface area (Å²) < 4.78 is 4.89. The lowest BCUT2D eigenvalue weighted by molar-refractivity contribution is -0.138. The van der Waals surface area contributed by atoms with Crippen LogP contribution in [0.5, 0.6) is 0 Å². The molecule has 0 saturated carbocycles. The molecule has 0 bridgehead atoms. The number of hydrogen-bond acceptors (Lipinski definition) is 4. The van der Waals surface area contributed by atoms with E-state index in [4.69, 9.17) is 9.84 Å². The summed E-state index contributed by atoms with van der Waals surface area (Å²) in [5.41, 5.74) is -0.624. The first-order valence-electron chi connectivity index (χ1n) is 6.81. The van der Waals surface area contributed by atoms with Gasteiger partial charge in [-0.25, -0.2) is 4.79 Å². The molecule has 120 valence electrons. The molecule has 21 heavy (non-hydrogen) atoms. The first-order valence-corrected chi connectivity index (χ1v) is 6.81. The minimum Gasteiger partial charge on any atom is -0.480 e. The van der Waals surface area contributed by atoms with Gasteiger partial charge in [0.25, 0.3) is 0 Å². The number of aliphatic carboxylic acids is 1. The summed E-state index contributed by atoms with van der Waals surface area (Å²) in [6, 6.07) is -0.373. The fourth-order valence-electron chi connectivity index (χ4n) is 2.42. The van der Waals surface area contributed by atoms with Crippen LogP contribution in [0.4, 0.5) is 4.79 Å². The number of ether oxygens (including phenoxy) is 1. The maximum Gasteiger partial charge on any atom is 0.323 e. The summed E-state index contributed by atoms with van der Waals surface area (Å²) in [7, 11) is 3.05. The van der Waals surface area contributed by atoms with E-state index in [2.05, 4.69) is 5.32 Å². The van der Waals surface area contributed by atoms with Gasteiger partial charge in [-0.3, -0.25) is 9.59 Å². The highest BCUT2D eigenvalue weighted by Crippen LogP contribution is 2.30. The van der Waals surface area contributed by atoms with E-state index in [9.17, 15) is 14.4 Å². The molecular formula is C13H23N3O5. The van der Waals surface area contributed by atoms with E-state index in [0.29, 0.717) is 13.0 Å². The highest BCUT2D eigenvalue weighted by molar-refractivity contribution is 5.85. The molecule has 0 spiro atoms. The zero-order chi connectivity index (χ0) is 16.0. The van der Waals surface area contributed by atoms with E-state index < -0.39 is 11.4 Å². The van der Waals surface area contributed by atoms with Crippen molar-refractivity contribution in [3.63, 3.8) is 0 Å². The second kappa shape index (κ2) is 7.26. The quantitative estimate of drug-likeness (QED) is 0.695. The molecule has 1 aliphatic rings. The Balaban J connectivity index is 2.72. The van der Waals surface area contributed by atoms with Crippen molar-refractivity contribution in [2.75, 3.05) is 46.9 Å². The number of carbonyl (C=O) groups excluding carboxylic acids is 2. The molecule has 0 radical (unpaired) electrons. The molecule has 8 heteroatoms. The Bertz CT molecular complexity index is 415. The average Bonchev–Trinajstić information content (AvgIpc) is 2.85. The molecule has 0 aromatic carbocycles. The number of amides is 3. The van der Waals surface area contributed by atoms with E-state index in [0.717, 1.165) is 0 Å². The van der Waals surface area contributed by atoms with E-state index in [-0.39, 0.29) is 38.2 Å². The highest BCUT2D eigenvalue weighted by atomic mass is 16.5. The minimum absolute atomic E-state index is 0.112. The highest BCUT2D eigenvalue weighted by Gasteiger charge is 2.42. The molecule has 1 rings (SSSR count). The van der Waals surface area contributed by atoms with Gasteiger partial charge in [0, 0.05) is 33.8 Å². The van der Waals surface area contributed by atoms with Crippen molar-refractivity contribution < 1.29 is 24.2 Å². The number of carboxylic acid groups (broad SMARTS) is 1. The molecule has 1 unspecified atom stereocenters. The van der Waals surface area contributed by atoms with Crippen LogP contribution in [0.2, 0.25) is 0 Å². The summed E-state index contributed by atoms with van der Waals surface area (Å²) in [5, 5.41) is 11.5. The number of nitrogens with zero attached hydrogens (tertiary/aromatic N) is 2. The lowest BCUT2D eigenvalue weighted by Crippen LogP contribution is -2.47. The zero-order valence-electron chi connectivity index (χ0n) is 12.7. The summed E-state index contributed by atoms with van der Waals surface area (Å²) in [5.74, 6) is -1.19. The fraction of sp³-hybridized carbons (Fsp3) is 0.769. The summed E-state index contributed by atoms with van der Waals surface area (Å²) in [4.78, 5) is 37.8. The zero-order valence-corrected chi connectivity index (χ0v) is 12.7. The Morgan fingerprint density at radius 2 is 2.10 bits per heavy atom. The molecule has 8 nitrogen and oxygen atoms in total. The third-order valence-electron chi connectivity index (χ3n) is 3.68. The van der Waals surface area contributed by atoms with Gasteiger partial charge in [-0.2, -0.15) is 0 Å². The van der Waals surface area contributed by atoms with Gasteiger partial charge in [0.2, 0.25) is 5.91 Å². The van der Waals surface area contributed by atoms with Gasteiger partial charge in [-0.15, -0.1) is 0 Å². The van der Waals surface area contributed by atoms with Crippen LogP contribution in [-0.2, 0) is 14.3 Å². The third-order valence-corrected chi connectivity index (χ3v) is 3.68. The predicted molar refractivity (Wildman–Crippen MR) is 74.8 cm³/mol. The van der Waals surface area contributed by atoms with E-state index in [1.54, 1.807) is 14.0 Å². The number of carbonyl (C=O) groups is 3. The number of hydrogen-bond donors (Lipinski definition) is 2. The monoisotopic (exact) mass is 301 g/mol. The van der Waals surface area contributed by atoms with Crippen molar-refractivity contribution in [3.05, 3.63) is 0 Å². The van der Waals surface area contributed by atoms with Gasteiger partial charge in [-0.05, 0) is 13.3 Å². The number of methoxy groups -OCH3 is 1. The molecule has 0 aromatic heterocycles. The Labute approximate surface area is 124 Å². The van der Waals surface area contributed by atoms with Crippen molar-refractivity contribution in [2.45, 2.75) is 13.3 Å². The predicted octanol–water partition coefficient (Wildman–Crippen LogP) is -0.403. The average molecular weight is 301 g/mol. The van der Waals surface area contributed by atoms with Crippen LogP contribution >= 0.6 is 0 Å². The second-order valence-corrected chi connectivity index (χ2v) is 5.40. The van der Waals surface area contributed by atoms with Gasteiger partial charge < -0.3 is 25.0 Å². The van der Waals surface area contributed by atoms with Gasteiger partial charge >= 0.3 is 12.0 Å². The number of carboxylic acids is 1. The van der Waals surface area contributed by atoms with E-state index in [1.165, 1.54) is 16.9 Å². The first-order chi connectivity index (χ1) is 9.84. The summed E-state index contributed by atoms with van der Waals surface area (Å²) >= 11 is 0. The standard InChI is InChI=1S/C13H23N3O5/c1-13(11(19)14-2)4-5-16(9-13)12(20)15(6-7-21-3)8-10(17)18/h4-9H2,1-3H3,(H,14,19)(H,17,18). The molecule has 2 N–H and O–H groups in total. The smallest absolute Gasteiger partial charge is 0.323 e. The van der Waals surface area contributed by atoms with Gasteiger partial charge in [-0.1, -0.05) is 0 Å². The molecule has 1 fully saturated rings. The second-order valence-electron chi connectivity index (χ2n) is 5.40. The van der Waals surface area contributed by atoms with E-state index >= 15 is 0 Å². The van der Waals surface area contributed by atoms with Crippen LogP contribution in [0.25, 0.3) is 0 Å². The van der Waals surface area contributed by atoms with Crippen LogP contribution in [-0.4, -0.2) is 79.8 Å². The molecular weight excluding hydrogens is 278 g/mol. The Hall–Kier alpha value is -1.83. The van der Waals surface area contributed by atoms with Gasteiger partial charge in [0.1, 0.15) is 6.54 Å². The van der Waals surface area contributed by atoms with Gasteiger partial charge in [0.15, 0.2) is 0 Å². The number of rotatable bonds is 6. The van der Waals surface area contributed by atoms with Crippen LogP contribution in [0.1, 0.15) is 13.3 Å². The van der Waals surface area contributed by atoms with Crippen LogP contribution in [0.3, 0.4) is 0 Å². The summed E-state index contributed by atoms with van der Waals surface area (Å²) in [6.07, 6.45) is 0.559. The number of urea groups is 1. The van der Waals surface area contributed by atoms with Crippen LogP contribution in [0, 0.1) is 5.41 Å². The lowest BCUT2D eigenvalue weighted by Gasteiger charge is -2.28. The SMILES string of the molecule is CNC(=O)C1(C)CCN(C(=O)N(CCOC)CC(=O)O)C1. The first kappa shape index (κ1) is 17.2. The topological polar surface area (TPSA) is 99.2 Å². The largest absolute Gasteiger partial charge is 0.480 e. The minimum atomic E-state index is -1.08. The molecule has 1 heterocycles. The Morgan fingerprint density at radius 1 is 1.43 bits per heavy atom. The Morgan fingerprint density at radius 3 is 2.62 bits per heavy atom. The third kappa shape index (κ3) is 4.32. The number of nitrogens with one attached hydrogen (secondary N) is 1. The molecule has 0 aromatic rings. The molecule has 0 aliphatic carbocycles. The normalized spacial score (nSPS) is 21.2. The van der Waals surface area contributed by atoms with Crippen LogP contribution < -0.4 is 5.32 Å². The fourth-order valence-corrected chi connectivity index (χ4v) is 2.42. The molecule has 1 saturated heterocycles. The van der Waals surface area contributed by atoms with Crippen LogP contribution in [0.15, 0.2) is 0 Å². The van der Waals surface area contributed by atoms with Crippen molar-refractivity contribution in [3.8, 4) is 0 Å². The summed E-state index contributed by atoms with van der Waals surface area (Å²) in [6.45, 7) is 2.61. The lowest BCUT2D eigenvalue weighted by atomic mass is 9.89. The van der Waals surface area contributed by atoms with Crippen molar-refractivity contribution >= 4 is 17.9 Å². The maximum atomic E-state index is 12.4. The number of likely N-dealkylation sites (tertiary alicyclic amines) is 1. The van der Waals surface area contributed by atoms with Gasteiger partial charge in [0.05, 0.1) is 12.0 Å². The van der Waals surface area contributed by atoms with E-state index in [1.807, 2.05) is 0 Å². The van der Waals surface area contributed by atoms with Crippen molar-refractivity contribution in [1.29, 1.82) is 0 Å². The molecule has 3 amide bonds. The van der Waals surface area contributed by atoms with Crippen molar-refractivity contribution in [2.24, 2.45) is 5.41 Å². The van der Waals surface area contributed by atoms with Crippen molar-refractivity contribution in [1.82, 2.24) is 15.1 Å². The maximum absolute atomic E-state index is 12.4. The molecule has 1 aliphatic heterocycles.